The van der Waals surface area contributed by atoms with E-state index in [0.29, 0.717) is 18.2 Å². The molecule has 0 aliphatic carbocycles. The van der Waals surface area contributed by atoms with Crippen LogP contribution < -0.4 is 0 Å². The first-order valence-corrected chi connectivity index (χ1v) is 6.45. The van der Waals surface area contributed by atoms with Gasteiger partial charge in [0.25, 0.3) is 0 Å². The fourth-order valence-electron chi connectivity index (χ4n) is 2.62. The molecule has 0 radical (unpaired) electrons. The fourth-order valence-corrected chi connectivity index (χ4v) is 2.62. The van der Waals surface area contributed by atoms with Crippen molar-refractivity contribution in [3.8, 4) is 0 Å². The summed E-state index contributed by atoms with van der Waals surface area (Å²) in [6.07, 6.45) is 4.53. The third kappa shape index (κ3) is 3.76. The zero-order valence-electron chi connectivity index (χ0n) is 11.0. The zero-order valence-corrected chi connectivity index (χ0v) is 11.0. The Kier molecular flexibility index (Phi) is 5.07. The molecule has 0 saturated carbocycles. The van der Waals surface area contributed by atoms with E-state index in [1.807, 2.05) is 0 Å². The van der Waals surface area contributed by atoms with Crippen LogP contribution in [0.4, 0.5) is 0 Å². The predicted octanol–water partition coefficient (Wildman–Crippen LogP) is 3.06. The largest absolute Gasteiger partial charge is 0.375 e. The van der Waals surface area contributed by atoms with Gasteiger partial charge in [-0.3, -0.25) is 4.90 Å². The van der Waals surface area contributed by atoms with Gasteiger partial charge in [0, 0.05) is 18.6 Å². The van der Waals surface area contributed by atoms with Crippen LogP contribution in [0.5, 0.6) is 0 Å². The molecular weight excluding hydrogens is 186 g/mol. The summed E-state index contributed by atoms with van der Waals surface area (Å²) in [5.41, 5.74) is 0. The average Bonchev–Trinajstić information content (AvgIpc) is 2.16. The molecule has 0 aromatic heterocycles. The molecule has 1 saturated heterocycles. The standard InChI is InChI=1S/C13H27NO/c1-6-12-9-13(15-11(4)5)7-8-14(12)10(2)3/h10-13H,6-9H2,1-5H3/t12-,13-/m1/s1. The first-order chi connectivity index (χ1) is 7.04. The molecule has 1 aliphatic rings. The zero-order chi connectivity index (χ0) is 11.4. The van der Waals surface area contributed by atoms with Crippen LogP contribution in [-0.4, -0.2) is 35.7 Å². The summed E-state index contributed by atoms with van der Waals surface area (Å²) in [6, 6.07) is 1.40. The summed E-state index contributed by atoms with van der Waals surface area (Å²) < 4.78 is 5.92. The highest BCUT2D eigenvalue weighted by Gasteiger charge is 2.29. The monoisotopic (exact) mass is 213 g/mol. The van der Waals surface area contributed by atoms with E-state index < -0.39 is 0 Å². The highest BCUT2D eigenvalue weighted by Crippen LogP contribution is 2.24. The Hall–Kier alpha value is -0.0800. The number of ether oxygens (including phenoxy) is 1. The van der Waals surface area contributed by atoms with E-state index in [9.17, 15) is 0 Å². The van der Waals surface area contributed by atoms with Gasteiger partial charge in [0.1, 0.15) is 0 Å². The van der Waals surface area contributed by atoms with Gasteiger partial charge in [-0.25, -0.2) is 0 Å². The van der Waals surface area contributed by atoms with Crippen molar-refractivity contribution in [3.05, 3.63) is 0 Å². The van der Waals surface area contributed by atoms with Crippen molar-refractivity contribution in [1.29, 1.82) is 0 Å². The highest BCUT2D eigenvalue weighted by molar-refractivity contribution is 4.83. The number of hydrogen-bond donors (Lipinski definition) is 0. The van der Waals surface area contributed by atoms with Gasteiger partial charge in [0.05, 0.1) is 12.2 Å². The van der Waals surface area contributed by atoms with E-state index in [2.05, 4.69) is 39.5 Å². The Balaban J connectivity index is 2.47. The van der Waals surface area contributed by atoms with E-state index in [0.717, 1.165) is 6.04 Å². The van der Waals surface area contributed by atoms with Crippen molar-refractivity contribution >= 4 is 0 Å². The van der Waals surface area contributed by atoms with Crippen LogP contribution in [0.25, 0.3) is 0 Å². The minimum absolute atomic E-state index is 0.373. The van der Waals surface area contributed by atoms with Gasteiger partial charge >= 0.3 is 0 Å². The molecule has 1 fully saturated rings. The average molecular weight is 213 g/mol. The third-order valence-corrected chi connectivity index (χ3v) is 3.31. The van der Waals surface area contributed by atoms with Gasteiger partial charge in [-0.15, -0.1) is 0 Å². The molecule has 0 unspecified atom stereocenters. The molecule has 0 N–H and O–H groups in total. The van der Waals surface area contributed by atoms with Crippen molar-refractivity contribution in [2.75, 3.05) is 6.54 Å². The van der Waals surface area contributed by atoms with Crippen molar-refractivity contribution < 1.29 is 4.74 Å². The second kappa shape index (κ2) is 5.86. The van der Waals surface area contributed by atoms with E-state index in [4.69, 9.17) is 4.74 Å². The van der Waals surface area contributed by atoms with Gasteiger partial charge in [-0.05, 0) is 47.0 Å². The molecule has 0 amide bonds. The Morgan fingerprint density at radius 3 is 2.40 bits per heavy atom. The Labute approximate surface area is 95.0 Å². The maximum absolute atomic E-state index is 5.92. The molecule has 0 aromatic rings. The normalized spacial score (nSPS) is 29.0. The van der Waals surface area contributed by atoms with Crippen LogP contribution in [0.3, 0.4) is 0 Å². The number of rotatable bonds is 4. The molecule has 0 aromatic carbocycles. The van der Waals surface area contributed by atoms with Gasteiger partial charge < -0.3 is 4.74 Å². The lowest BCUT2D eigenvalue weighted by atomic mass is 9.96. The van der Waals surface area contributed by atoms with Crippen LogP contribution >= 0.6 is 0 Å². The van der Waals surface area contributed by atoms with Crippen LogP contribution in [0.1, 0.15) is 53.9 Å². The summed E-state index contributed by atoms with van der Waals surface area (Å²) in [5.74, 6) is 0. The predicted molar refractivity (Wildman–Crippen MR) is 65.2 cm³/mol. The highest BCUT2D eigenvalue weighted by atomic mass is 16.5. The summed E-state index contributed by atoms with van der Waals surface area (Å²) in [6.45, 7) is 12.4. The number of hydrogen-bond acceptors (Lipinski definition) is 2. The van der Waals surface area contributed by atoms with Gasteiger partial charge in [-0.2, -0.15) is 0 Å². The van der Waals surface area contributed by atoms with Crippen molar-refractivity contribution in [1.82, 2.24) is 4.90 Å². The molecule has 2 nitrogen and oxygen atoms in total. The molecule has 90 valence electrons. The second-order valence-corrected chi connectivity index (χ2v) is 5.22. The minimum Gasteiger partial charge on any atom is -0.375 e. The number of nitrogens with zero attached hydrogens (tertiary/aromatic N) is 1. The fraction of sp³-hybridized carbons (Fsp3) is 1.00. The Morgan fingerprint density at radius 1 is 1.27 bits per heavy atom. The Morgan fingerprint density at radius 2 is 1.93 bits per heavy atom. The lowest BCUT2D eigenvalue weighted by Crippen LogP contribution is -2.48. The summed E-state index contributed by atoms with van der Waals surface area (Å²) in [5, 5.41) is 0. The topological polar surface area (TPSA) is 12.5 Å². The first kappa shape index (κ1) is 13.0. The molecule has 1 aliphatic heterocycles. The lowest BCUT2D eigenvalue weighted by molar-refractivity contribution is -0.0511. The van der Waals surface area contributed by atoms with Gasteiger partial charge in [0.15, 0.2) is 0 Å². The maximum atomic E-state index is 5.92. The molecule has 15 heavy (non-hydrogen) atoms. The van der Waals surface area contributed by atoms with E-state index in [-0.39, 0.29) is 0 Å². The van der Waals surface area contributed by atoms with Crippen LogP contribution in [0, 0.1) is 0 Å². The molecule has 1 heterocycles. The maximum Gasteiger partial charge on any atom is 0.0605 e. The first-order valence-electron chi connectivity index (χ1n) is 6.45. The SMILES string of the molecule is CC[C@@H]1C[C@H](OC(C)C)CCN1C(C)C. The van der Waals surface area contributed by atoms with E-state index in [1.165, 1.54) is 25.8 Å². The van der Waals surface area contributed by atoms with E-state index in [1.54, 1.807) is 0 Å². The summed E-state index contributed by atoms with van der Waals surface area (Å²) in [7, 11) is 0. The van der Waals surface area contributed by atoms with E-state index >= 15 is 0 Å². The van der Waals surface area contributed by atoms with Crippen LogP contribution in [0.15, 0.2) is 0 Å². The van der Waals surface area contributed by atoms with Crippen molar-refractivity contribution in [2.24, 2.45) is 0 Å². The van der Waals surface area contributed by atoms with Crippen LogP contribution in [-0.2, 0) is 4.74 Å². The molecular formula is C13H27NO. The molecule has 0 spiro atoms. The lowest BCUT2D eigenvalue weighted by Gasteiger charge is -2.41. The molecule has 0 bridgehead atoms. The van der Waals surface area contributed by atoms with Crippen molar-refractivity contribution in [3.63, 3.8) is 0 Å². The third-order valence-electron chi connectivity index (χ3n) is 3.31. The minimum atomic E-state index is 0.373. The molecule has 1 rings (SSSR count). The summed E-state index contributed by atoms with van der Waals surface area (Å²) >= 11 is 0. The smallest absolute Gasteiger partial charge is 0.0605 e. The molecule has 2 atom stereocenters. The quantitative estimate of drug-likeness (QED) is 0.711. The van der Waals surface area contributed by atoms with Crippen molar-refractivity contribution in [2.45, 2.75) is 78.2 Å². The van der Waals surface area contributed by atoms with Gasteiger partial charge in [0.2, 0.25) is 0 Å². The van der Waals surface area contributed by atoms with Crippen LogP contribution in [0.2, 0.25) is 0 Å². The molecule has 2 heteroatoms. The second-order valence-electron chi connectivity index (χ2n) is 5.22. The number of likely N-dealkylation sites (tertiary alicyclic amines) is 1. The Bertz CT molecular complexity index is 179. The summed E-state index contributed by atoms with van der Waals surface area (Å²) in [4.78, 5) is 2.63. The number of piperidine rings is 1. The van der Waals surface area contributed by atoms with Gasteiger partial charge in [-0.1, -0.05) is 6.92 Å².